The van der Waals surface area contributed by atoms with Crippen molar-refractivity contribution in [1.82, 2.24) is 0 Å². The Labute approximate surface area is 125 Å². The van der Waals surface area contributed by atoms with Crippen molar-refractivity contribution in [2.24, 2.45) is 4.99 Å². The molecule has 0 spiro atoms. The fourth-order valence-corrected chi connectivity index (χ4v) is 6.29. The molecule has 0 radical (unpaired) electrons. The van der Waals surface area contributed by atoms with Gasteiger partial charge in [-0.15, -0.1) is 0 Å². The molecule has 3 rings (SSSR count). The highest BCUT2D eigenvalue weighted by molar-refractivity contribution is 8.15. The van der Waals surface area contributed by atoms with E-state index in [1.54, 1.807) is 18.2 Å². The Bertz CT molecular complexity index is 640. The van der Waals surface area contributed by atoms with E-state index in [1.807, 2.05) is 0 Å². The molecule has 1 fully saturated rings. The summed E-state index contributed by atoms with van der Waals surface area (Å²) in [6.45, 7) is 0. The van der Waals surface area contributed by atoms with Crippen LogP contribution in [-0.4, -0.2) is 36.4 Å². The molecule has 0 saturated carbocycles. The van der Waals surface area contributed by atoms with Gasteiger partial charge in [0.2, 0.25) is 0 Å². The summed E-state index contributed by atoms with van der Waals surface area (Å²) in [5, 5.41) is 4.80. The summed E-state index contributed by atoms with van der Waals surface area (Å²) in [4.78, 5) is 4.40. The van der Waals surface area contributed by atoms with Crippen LogP contribution in [0.1, 0.15) is 0 Å². The third kappa shape index (κ3) is 2.72. The van der Waals surface area contributed by atoms with Gasteiger partial charge in [-0.25, -0.2) is 8.42 Å². The van der Waals surface area contributed by atoms with Crippen LogP contribution in [0.25, 0.3) is 0 Å². The molecule has 8 heteroatoms. The van der Waals surface area contributed by atoms with Gasteiger partial charge < -0.3 is 5.32 Å². The Morgan fingerprint density at radius 3 is 2.58 bits per heavy atom. The number of sulfone groups is 1. The van der Waals surface area contributed by atoms with Gasteiger partial charge >= 0.3 is 0 Å². The summed E-state index contributed by atoms with van der Waals surface area (Å²) in [5.74, 6) is 0.319. The van der Waals surface area contributed by atoms with Crippen molar-refractivity contribution >= 4 is 55.7 Å². The molecule has 2 aliphatic rings. The number of aliphatic imine (C=N–C) groups is 1. The second kappa shape index (κ2) is 4.84. The maximum Gasteiger partial charge on any atom is 0.161 e. The maximum absolute atomic E-state index is 11.5. The number of anilines is 1. The number of benzene rings is 1. The van der Waals surface area contributed by atoms with Crippen molar-refractivity contribution in [3.8, 4) is 0 Å². The van der Waals surface area contributed by atoms with Gasteiger partial charge in [-0.2, -0.15) is 0 Å². The van der Waals surface area contributed by atoms with Crippen LogP contribution in [0.3, 0.4) is 0 Å². The summed E-state index contributed by atoms with van der Waals surface area (Å²) >= 11 is 13.6. The van der Waals surface area contributed by atoms with Gasteiger partial charge in [0.1, 0.15) is 0 Å². The minimum atomic E-state index is -2.93. The van der Waals surface area contributed by atoms with E-state index in [1.165, 1.54) is 11.8 Å². The Hall–Kier alpha value is -0.430. The molecule has 2 heterocycles. The van der Waals surface area contributed by atoms with Crippen LogP contribution in [0.5, 0.6) is 0 Å². The van der Waals surface area contributed by atoms with Crippen molar-refractivity contribution in [2.75, 3.05) is 16.8 Å². The van der Waals surface area contributed by atoms with Crippen LogP contribution in [0.2, 0.25) is 10.0 Å². The maximum atomic E-state index is 11.5. The normalized spacial score (nSPS) is 28.0. The molecule has 0 amide bonds. The lowest BCUT2D eigenvalue weighted by Crippen LogP contribution is -2.13. The fourth-order valence-electron chi connectivity index (χ4n) is 2.14. The third-order valence-electron chi connectivity index (χ3n) is 3.01. The molecular formula is C11H10Cl2N2O2S2. The first-order valence-electron chi connectivity index (χ1n) is 5.60. The SMILES string of the molecule is O=S1(=O)CC2N=C(Nc3c(Cl)cccc3Cl)SC2C1. The smallest absolute Gasteiger partial charge is 0.161 e. The topological polar surface area (TPSA) is 58.5 Å². The van der Waals surface area contributed by atoms with Gasteiger partial charge in [0.05, 0.1) is 33.3 Å². The average Bonchev–Trinajstić information content (AvgIpc) is 2.76. The van der Waals surface area contributed by atoms with E-state index in [-0.39, 0.29) is 22.8 Å². The minimum absolute atomic E-state index is 0.00811. The van der Waals surface area contributed by atoms with Gasteiger partial charge in [-0.1, -0.05) is 41.0 Å². The first-order valence-corrected chi connectivity index (χ1v) is 9.06. The van der Waals surface area contributed by atoms with Crippen molar-refractivity contribution in [3.63, 3.8) is 0 Å². The van der Waals surface area contributed by atoms with E-state index in [9.17, 15) is 8.42 Å². The predicted octanol–water partition coefficient (Wildman–Crippen LogP) is 2.67. The molecule has 19 heavy (non-hydrogen) atoms. The predicted molar refractivity (Wildman–Crippen MR) is 81.3 cm³/mol. The number of para-hydroxylation sites is 1. The number of halogens is 2. The van der Waals surface area contributed by atoms with E-state index in [0.29, 0.717) is 20.9 Å². The second-order valence-electron chi connectivity index (χ2n) is 4.46. The summed E-state index contributed by atoms with van der Waals surface area (Å²) in [6, 6.07) is 5.09. The van der Waals surface area contributed by atoms with Gasteiger partial charge in [-0.05, 0) is 12.1 Å². The summed E-state index contributed by atoms with van der Waals surface area (Å²) in [7, 11) is -2.93. The van der Waals surface area contributed by atoms with E-state index in [2.05, 4.69) is 10.3 Å². The third-order valence-corrected chi connectivity index (χ3v) is 6.78. The lowest BCUT2D eigenvalue weighted by molar-refractivity contribution is 0.601. The number of nitrogens with one attached hydrogen (secondary N) is 1. The largest absolute Gasteiger partial charge is 0.333 e. The first kappa shape index (κ1) is 13.5. The zero-order chi connectivity index (χ0) is 13.6. The number of thioether (sulfide) groups is 1. The van der Waals surface area contributed by atoms with Crippen LogP contribution in [0.4, 0.5) is 5.69 Å². The summed E-state index contributed by atoms with van der Waals surface area (Å²) < 4.78 is 22.9. The molecule has 0 aromatic heterocycles. The quantitative estimate of drug-likeness (QED) is 0.856. The molecule has 1 aromatic rings. The van der Waals surface area contributed by atoms with Crippen molar-refractivity contribution in [2.45, 2.75) is 11.3 Å². The highest BCUT2D eigenvalue weighted by Crippen LogP contribution is 2.37. The Balaban J connectivity index is 1.80. The molecule has 4 nitrogen and oxygen atoms in total. The number of hydrogen-bond acceptors (Lipinski definition) is 5. The van der Waals surface area contributed by atoms with Crippen LogP contribution >= 0.6 is 35.0 Å². The molecule has 2 atom stereocenters. The molecule has 1 N–H and O–H groups in total. The monoisotopic (exact) mass is 336 g/mol. The molecule has 0 aliphatic carbocycles. The van der Waals surface area contributed by atoms with Crippen LogP contribution < -0.4 is 5.32 Å². The van der Waals surface area contributed by atoms with Gasteiger partial charge in [-0.3, -0.25) is 4.99 Å². The molecular weight excluding hydrogens is 327 g/mol. The Morgan fingerprint density at radius 2 is 1.95 bits per heavy atom. The highest BCUT2D eigenvalue weighted by Gasteiger charge is 2.42. The summed E-state index contributed by atoms with van der Waals surface area (Å²) in [6.07, 6.45) is 0. The zero-order valence-corrected chi connectivity index (χ0v) is 12.8. The number of nitrogens with zero attached hydrogens (tertiary/aromatic N) is 1. The van der Waals surface area contributed by atoms with E-state index < -0.39 is 9.84 Å². The van der Waals surface area contributed by atoms with E-state index in [4.69, 9.17) is 23.2 Å². The molecule has 2 aliphatic heterocycles. The zero-order valence-electron chi connectivity index (χ0n) is 9.64. The van der Waals surface area contributed by atoms with Crippen LogP contribution in [-0.2, 0) is 9.84 Å². The molecule has 2 unspecified atom stereocenters. The Morgan fingerprint density at radius 1 is 1.26 bits per heavy atom. The number of rotatable bonds is 1. The van der Waals surface area contributed by atoms with Gasteiger partial charge in [0.25, 0.3) is 0 Å². The standard InChI is InChI=1S/C11H10Cl2N2O2S2/c12-6-2-1-3-7(13)10(6)15-11-14-8-4-19(16,17)5-9(8)18-11/h1-3,8-9H,4-5H2,(H,14,15). The first-order chi connectivity index (χ1) is 8.94. The highest BCUT2D eigenvalue weighted by atomic mass is 35.5. The molecule has 1 saturated heterocycles. The van der Waals surface area contributed by atoms with Crippen molar-refractivity contribution in [3.05, 3.63) is 28.2 Å². The minimum Gasteiger partial charge on any atom is -0.333 e. The van der Waals surface area contributed by atoms with Gasteiger partial charge in [0, 0.05) is 5.25 Å². The number of amidine groups is 1. The van der Waals surface area contributed by atoms with E-state index in [0.717, 1.165) is 0 Å². The number of hydrogen-bond donors (Lipinski definition) is 1. The van der Waals surface area contributed by atoms with Crippen LogP contribution in [0, 0.1) is 0 Å². The molecule has 0 bridgehead atoms. The molecule has 1 aromatic carbocycles. The second-order valence-corrected chi connectivity index (χ2v) is 8.65. The van der Waals surface area contributed by atoms with Crippen molar-refractivity contribution < 1.29 is 8.42 Å². The average molecular weight is 337 g/mol. The van der Waals surface area contributed by atoms with Crippen LogP contribution in [0.15, 0.2) is 23.2 Å². The van der Waals surface area contributed by atoms with Gasteiger partial charge in [0.15, 0.2) is 15.0 Å². The molecule has 102 valence electrons. The summed E-state index contributed by atoms with van der Waals surface area (Å²) in [5.41, 5.74) is 0.611. The Kier molecular flexibility index (Phi) is 3.45. The fraction of sp³-hybridized carbons (Fsp3) is 0.364. The lowest BCUT2D eigenvalue weighted by atomic mass is 10.3. The number of fused-ring (bicyclic) bond motifs is 1. The van der Waals surface area contributed by atoms with Crippen molar-refractivity contribution in [1.29, 1.82) is 0 Å². The van der Waals surface area contributed by atoms with E-state index >= 15 is 0 Å². The lowest BCUT2D eigenvalue weighted by Gasteiger charge is -2.10.